The largest absolute Gasteiger partial charge is 0.460 e. The highest BCUT2D eigenvalue weighted by molar-refractivity contribution is 9.10. The molecule has 0 bridgehead atoms. The second kappa shape index (κ2) is 11.0. The lowest BCUT2D eigenvalue weighted by Crippen LogP contribution is -2.46. The Labute approximate surface area is 214 Å². The van der Waals surface area contributed by atoms with Gasteiger partial charge in [-0.25, -0.2) is 0 Å². The lowest BCUT2D eigenvalue weighted by Gasteiger charge is -2.31. The van der Waals surface area contributed by atoms with E-state index in [2.05, 4.69) is 26.3 Å². The molecule has 4 rings (SSSR count). The molecule has 0 radical (unpaired) electrons. The molecule has 8 nitrogen and oxygen atoms in total. The summed E-state index contributed by atoms with van der Waals surface area (Å²) < 4.78 is 8.42. The third-order valence-electron chi connectivity index (χ3n) is 6.34. The van der Waals surface area contributed by atoms with Crippen LogP contribution in [-0.4, -0.2) is 49.8 Å². The third kappa shape index (κ3) is 7.18. The van der Waals surface area contributed by atoms with Crippen molar-refractivity contribution in [1.29, 1.82) is 0 Å². The van der Waals surface area contributed by atoms with Crippen LogP contribution in [0.25, 0.3) is 0 Å². The van der Waals surface area contributed by atoms with Crippen LogP contribution in [0.4, 0.5) is 5.82 Å². The number of benzene rings is 1. The maximum absolute atomic E-state index is 13.4. The molecule has 0 saturated heterocycles. The minimum atomic E-state index is -0.921. The Morgan fingerprint density at radius 2 is 2.06 bits per heavy atom. The number of hydrogen-bond donors (Lipinski definition) is 2. The fraction of sp³-hybridized carbons (Fsp3) is 0.500. The number of nitrogens with one attached hydrogen (secondary N) is 1. The number of carbonyl (C=O) groups excluding carboxylic acids is 2. The summed E-state index contributed by atoms with van der Waals surface area (Å²) in [5.74, 6) is 1.47. The van der Waals surface area contributed by atoms with Crippen LogP contribution in [0, 0.1) is 5.92 Å². The molecule has 188 valence electrons. The van der Waals surface area contributed by atoms with Gasteiger partial charge in [0, 0.05) is 22.8 Å². The average molecular weight is 545 g/mol. The number of carbonyl (C=O) groups is 2. The van der Waals surface area contributed by atoms with Crippen molar-refractivity contribution in [1.82, 2.24) is 14.7 Å². The van der Waals surface area contributed by atoms with E-state index in [0.717, 1.165) is 30.2 Å². The van der Waals surface area contributed by atoms with Crippen LogP contribution >= 0.6 is 15.9 Å². The van der Waals surface area contributed by atoms with Crippen molar-refractivity contribution in [2.75, 3.05) is 11.9 Å². The van der Waals surface area contributed by atoms with Crippen LogP contribution < -0.4 is 10.1 Å². The van der Waals surface area contributed by atoms with Crippen molar-refractivity contribution in [2.24, 2.45) is 5.92 Å². The van der Waals surface area contributed by atoms with Crippen LogP contribution in [0.5, 0.6) is 5.75 Å². The molecule has 35 heavy (non-hydrogen) atoms. The van der Waals surface area contributed by atoms with E-state index in [4.69, 9.17) is 4.74 Å². The van der Waals surface area contributed by atoms with Crippen molar-refractivity contribution < 1.29 is 19.4 Å². The van der Waals surface area contributed by atoms with E-state index in [1.807, 2.05) is 24.3 Å². The number of aliphatic hydroxyl groups is 1. The van der Waals surface area contributed by atoms with Crippen molar-refractivity contribution in [3.8, 4) is 5.75 Å². The van der Waals surface area contributed by atoms with Crippen LogP contribution in [0.1, 0.15) is 52.4 Å². The predicted molar refractivity (Wildman–Crippen MR) is 137 cm³/mol. The van der Waals surface area contributed by atoms with Crippen LogP contribution in [0.3, 0.4) is 0 Å². The van der Waals surface area contributed by atoms with Crippen LogP contribution in [0.2, 0.25) is 0 Å². The summed E-state index contributed by atoms with van der Waals surface area (Å²) in [4.78, 5) is 28.0. The summed E-state index contributed by atoms with van der Waals surface area (Å²) in [6.45, 7) is 3.95. The van der Waals surface area contributed by atoms with E-state index in [1.54, 1.807) is 35.7 Å². The second-order valence-electron chi connectivity index (χ2n) is 10.1. The number of amides is 2. The number of anilines is 1. The van der Waals surface area contributed by atoms with E-state index in [0.29, 0.717) is 36.2 Å². The maximum atomic E-state index is 13.4. The van der Waals surface area contributed by atoms with Gasteiger partial charge in [0.25, 0.3) is 5.91 Å². The minimum Gasteiger partial charge on any atom is -0.460 e. The van der Waals surface area contributed by atoms with Crippen LogP contribution in [-0.2, 0) is 16.1 Å². The van der Waals surface area contributed by atoms with Crippen LogP contribution in [0.15, 0.2) is 52.8 Å². The monoisotopic (exact) mass is 544 g/mol. The zero-order valence-corrected chi connectivity index (χ0v) is 21.8. The highest BCUT2D eigenvalue weighted by Crippen LogP contribution is 2.31. The van der Waals surface area contributed by atoms with Gasteiger partial charge in [-0.05, 0) is 44.4 Å². The standard InChI is InChI=1S/C26H33BrN4O4/c1-26(2,34)17-30-12-11-23(29-30)28-25(33)22(13-18-7-4-3-5-8-18)31-16-21(15-24(31)32)35-20-10-6-9-19(27)14-20/h6,9-12,14-15,18,22,34H,3-5,7-8,13,16-17H2,1-2H3,(H,28,29,33)/t22-/m0/s1. The van der Waals surface area contributed by atoms with Gasteiger partial charge in [-0.15, -0.1) is 0 Å². The highest BCUT2D eigenvalue weighted by Gasteiger charge is 2.36. The summed E-state index contributed by atoms with van der Waals surface area (Å²) in [6, 6.07) is 8.52. The SMILES string of the molecule is CC(C)(O)Cn1ccc(NC(=O)[C@H](CC2CCCCC2)N2CC(Oc3cccc(Br)c3)=CC2=O)n1. The Balaban J connectivity index is 1.47. The molecule has 2 heterocycles. The first-order valence-electron chi connectivity index (χ1n) is 12.2. The third-order valence-corrected chi connectivity index (χ3v) is 6.83. The van der Waals surface area contributed by atoms with Gasteiger partial charge in [0.05, 0.1) is 18.7 Å². The molecule has 2 aliphatic rings. The van der Waals surface area contributed by atoms with Crippen molar-refractivity contribution in [2.45, 2.75) is 70.6 Å². The summed E-state index contributed by atoms with van der Waals surface area (Å²) in [5.41, 5.74) is -0.921. The second-order valence-corrected chi connectivity index (χ2v) is 11.0. The minimum absolute atomic E-state index is 0.224. The number of rotatable bonds is 9. The molecule has 1 aromatic carbocycles. The fourth-order valence-electron chi connectivity index (χ4n) is 4.76. The molecule has 1 aromatic heterocycles. The molecule has 1 aliphatic heterocycles. The van der Waals surface area contributed by atoms with Crippen molar-refractivity contribution >= 4 is 33.6 Å². The Morgan fingerprint density at radius 3 is 2.77 bits per heavy atom. The quantitative estimate of drug-likeness (QED) is 0.484. The number of hydrogen-bond acceptors (Lipinski definition) is 5. The normalized spacial score (nSPS) is 17.9. The Bertz CT molecular complexity index is 1090. The molecule has 1 fully saturated rings. The molecule has 9 heteroatoms. The van der Waals surface area contributed by atoms with Crippen molar-refractivity contribution in [3.63, 3.8) is 0 Å². The van der Waals surface area contributed by atoms with E-state index in [-0.39, 0.29) is 18.4 Å². The summed E-state index contributed by atoms with van der Waals surface area (Å²) >= 11 is 3.43. The zero-order valence-electron chi connectivity index (χ0n) is 20.2. The molecular weight excluding hydrogens is 512 g/mol. The first kappa shape index (κ1) is 25.4. The Morgan fingerprint density at radius 1 is 1.29 bits per heavy atom. The molecule has 2 N–H and O–H groups in total. The first-order chi connectivity index (χ1) is 16.7. The number of halogens is 1. The molecule has 2 amide bonds. The van der Waals surface area contributed by atoms with Crippen molar-refractivity contribution in [3.05, 3.63) is 52.8 Å². The number of nitrogens with zero attached hydrogens (tertiary/aromatic N) is 3. The number of ether oxygens (including phenoxy) is 1. The molecule has 1 atom stereocenters. The summed E-state index contributed by atoms with van der Waals surface area (Å²) in [7, 11) is 0. The molecule has 1 saturated carbocycles. The van der Waals surface area contributed by atoms with Gasteiger partial charge in [-0.2, -0.15) is 5.10 Å². The van der Waals surface area contributed by atoms with Gasteiger partial charge in [0.1, 0.15) is 17.6 Å². The van der Waals surface area contributed by atoms with E-state index in [9.17, 15) is 14.7 Å². The molecular formula is C26H33BrN4O4. The van der Waals surface area contributed by atoms with Gasteiger partial charge in [-0.1, -0.05) is 54.1 Å². The smallest absolute Gasteiger partial charge is 0.251 e. The highest BCUT2D eigenvalue weighted by atomic mass is 79.9. The van der Waals surface area contributed by atoms with Gasteiger partial charge in [0.2, 0.25) is 5.91 Å². The predicted octanol–water partition coefficient (Wildman–Crippen LogP) is 4.50. The topological polar surface area (TPSA) is 96.7 Å². The summed E-state index contributed by atoms with van der Waals surface area (Å²) in [6.07, 6.45) is 9.48. The molecule has 2 aromatic rings. The van der Waals surface area contributed by atoms with Gasteiger partial charge in [-0.3, -0.25) is 14.3 Å². The lowest BCUT2D eigenvalue weighted by molar-refractivity contribution is -0.134. The fourth-order valence-corrected chi connectivity index (χ4v) is 5.13. The maximum Gasteiger partial charge on any atom is 0.251 e. The number of aromatic nitrogens is 2. The summed E-state index contributed by atoms with van der Waals surface area (Å²) in [5, 5.41) is 17.3. The Kier molecular flexibility index (Phi) is 7.96. The average Bonchev–Trinajstić information content (AvgIpc) is 3.37. The Hall–Kier alpha value is -2.65. The van der Waals surface area contributed by atoms with Gasteiger partial charge in [0.15, 0.2) is 5.82 Å². The van der Waals surface area contributed by atoms with E-state index in [1.165, 1.54) is 12.5 Å². The lowest BCUT2D eigenvalue weighted by atomic mass is 9.84. The van der Waals surface area contributed by atoms with E-state index < -0.39 is 11.6 Å². The zero-order chi connectivity index (χ0) is 25.0. The first-order valence-corrected chi connectivity index (χ1v) is 13.0. The van der Waals surface area contributed by atoms with Gasteiger partial charge < -0.3 is 20.1 Å². The van der Waals surface area contributed by atoms with Gasteiger partial charge >= 0.3 is 0 Å². The molecule has 0 unspecified atom stereocenters. The van der Waals surface area contributed by atoms with E-state index >= 15 is 0 Å². The molecule has 1 aliphatic carbocycles. The molecule has 0 spiro atoms.